The highest BCUT2D eigenvalue weighted by molar-refractivity contribution is 6.27. The Morgan fingerprint density at radius 1 is 0.891 bits per heavy atom. The maximum atomic E-state index is 13.7. The molecular formula is C37H42N4O5. The summed E-state index contributed by atoms with van der Waals surface area (Å²) in [6.45, 7) is 10.5. The molecule has 46 heavy (non-hydrogen) atoms. The van der Waals surface area contributed by atoms with Gasteiger partial charge in [-0.2, -0.15) is 0 Å². The van der Waals surface area contributed by atoms with E-state index >= 15 is 0 Å². The van der Waals surface area contributed by atoms with E-state index in [-0.39, 0.29) is 16.4 Å². The van der Waals surface area contributed by atoms with E-state index in [1.54, 1.807) is 32.6 Å². The lowest BCUT2D eigenvalue weighted by atomic mass is 9.85. The minimum absolute atomic E-state index is 0.0822. The molecule has 5 rings (SSSR count). The molecule has 2 N–H and O–H groups in total. The largest absolute Gasteiger partial charge is 0.465 e. The molecular weight excluding hydrogens is 580 g/mol. The quantitative estimate of drug-likeness (QED) is 0.0613. The molecule has 0 unspecified atom stereocenters. The molecule has 0 bridgehead atoms. The molecule has 0 saturated carbocycles. The Balaban J connectivity index is 1.43. The highest BCUT2D eigenvalue weighted by Crippen LogP contribution is 2.41. The highest BCUT2D eigenvalue weighted by Gasteiger charge is 2.36. The maximum Gasteiger partial charge on any atom is 0.341 e. The summed E-state index contributed by atoms with van der Waals surface area (Å²) in [5.74, 6) is -1.17. The number of nitrogens with zero attached hydrogens (tertiary/aromatic N) is 2. The molecule has 0 saturated heterocycles. The van der Waals surface area contributed by atoms with E-state index in [1.807, 2.05) is 24.4 Å². The van der Waals surface area contributed by atoms with Crippen LogP contribution in [0.25, 0.3) is 23.3 Å². The van der Waals surface area contributed by atoms with Crippen LogP contribution in [0.2, 0.25) is 0 Å². The topological polar surface area (TPSA) is 118 Å². The van der Waals surface area contributed by atoms with Gasteiger partial charge < -0.3 is 24.2 Å². The van der Waals surface area contributed by atoms with Gasteiger partial charge in [-0.05, 0) is 42.8 Å². The minimum Gasteiger partial charge on any atom is -0.465 e. The maximum absolute atomic E-state index is 13.7. The summed E-state index contributed by atoms with van der Waals surface area (Å²) < 4.78 is 15.8. The van der Waals surface area contributed by atoms with Crippen LogP contribution >= 0.6 is 0 Å². The molecule has 2 aliphatic rings. The molecule has 1 aromatic carbocycles. The van der Waals surface area contributed by atoms with Gasteiger partial charge in [0.1, 0.15) is 5.57 Å². The van der Waals surface area contributed by atoms with Gasteiger partial charge in [0.2, 0.25) is 5.78 Å². The second-order valence-electron chi connectivity index (χ2n) is 13.1. The monoisotopic (exact) mass is 622 g/mol. The summed E-state index contributed by atoms with van der Waals surface area (Å²) in [7, 11) is 4.44. The van der Waals surface area contributed by atoms with E-state index in [0.29, 0.717) is 29.8 Å². The second-order valence-corrected chi connectivity index (χ2v) is 13.1. The molecule has 2 aliphatic heterocycles. The number of Topliss-reactive ketones (excluding diaryl/α,β-unsaturated/α-hetero) is 1. The molecule has 4 heterocycles. The zero-order valence-electron chi connectivity index (χ0n) is 27.8. The molecule has 0 spiro atoms. The number of benzene rings is 1. The van der Waals surface area contributed by atoms with Crippen molar-refractivity contribution in [2.45, 2.75) is 53.8 Å². The van der Waals surface area contributed by atoms with Crippen molar-refractivity contribution >= 4 is 35.3 Å². The molecule has 0 atom stereocenters. The normalized spacial score (nSPS) is 19.2. The average molecular weight is 623 g/mol. The number of carbonyl (C=O) groups excluding carboxylic acids is 2. The number of aromatic nitrogens is 2. The smallest absolute Gasteiger partial charge is 0.341 e. The van der Waals surface area contributed by atoms with Gasteiger partial charge in [0.15, 0.2) is 6.29 Å². The van der Waals surface area contributed by atoms with Crippen LogP contribution in [0, 0.1) is 17.8 Å². The van der Waals surface area contributed by atoms with Gasteiger partial charge in [-0.25, -0.2) is 4.79 Å². The third kappa shape index (κ3) is 6.80. The van der Waals surface area contributed by atoms with Crippen LogP contribution in [0.1, 0.15) is 67.8 Å². The molecule has 9 heteroatoms. The van der Waals surface area contributed by atoms with Crippen LogP contribution < -0.4 is 0 Å². The van der Waals surface area contributed by atoms with Gasteiger partial charge >= 0.3 is 5.97 Å². The SMILES string of the molecule is COC(=O)/C(=C/C1=NC(=C\c2[nH]ccc2-c2ccc(C)cc2)/C(C)(C)C1)C(=O)c1c[nH]c(/C=C2/N=C(C(OC)OC)CC2(C)C)c1. The first-order valence-electron chi connectivity index (χ1n) is 15.3. The number of rotatable bonds is 10. The van der Waals surface area contributed by atoms with Crippen molar-refractivity contribution in [2.75, 3.05) is 21.3 Å². The van der Waals surface area contributed by atoms with Crippen molar-refractivity contribution < 1.29 is 23.8 Å². The fraction of sp³-hybridized carbons (Fsp3) is 0.351. The number of aliphatic imine (C=N–C) groups is 2. The summed E-state index contributed by atoms with van der Waals surface area (Å²) in [4.78, 5) is 42.8. The molecule has 0 fully saturated rings. The van der Waals surface area contributed by atoms with Crippen molar-refractivity contribution in [1.82, 2.24) is 9.97 Å². The summed E-state index contributed by atoms with van der Waals surface area (Å²) in [6, 6.07) is 12.2. The summed E-state index contributed by atoms with van der Waals surface area (Å²) in [5.41, 5.74) is 7.81. The Morgan fingerprint density at radius 3 is 2.24 bits per heavy atom. The molecule has 0 amide bonds. The number of carbonyl (C=O) groups is 2. The number of methoxy groups -OCH3 is 3. The fourth-order valence-electron chi connectivity index (χ4n) is 5.87. The van der Waals surface area contributed by atoms with Crippen molar-refractivity contribution in [3.63, 3.8) is 0 Å². The zero-order chi connectivity index (χ0) is 33.2. The predicted octanol–water partition coefficient (Wildman–Crippen LogP) is 7.34. The van der Waals surface area contributed by atoms with Gasteiger partial charge in [0.05, 0.1) is 12.8 Å². The van der Waals surface area contributed by atoms with Crippen LogP contribution in [0.4, 0.5) is 0 Å². The first-order chi connectivity index (χ1) is 21.8. The zero-order valence-corrected chi connectivity index (χ0v) is 27.8. The van der Waals surface area contributed by atoms with E-state index in [9.17, 15) is 9.59 Å². The number of H-pyrrole nitrogens is 2. The Morgan fingerprint density at radius 2 is 1.57 bits per heavy atom. The molecule has 9 nitrogen and oxygen atoms in total. The lowest BCUT2D eigenvalue weighted by molar-refractivity contribution is -0.135. The van der Waals surface area contributed by atoms with E-state index in [2.05, 4.69) is 68.9 Å². The molecule has 0 aliphatic carbocycles. The van der Waals surface area contributed by atoms with Crippen molar-refractivity contribution in [3.8, 4) is 11.1 Å². The minimum atomic E-state index is -0.716. The molecule has 3 aromatic rings. The van der Waals surface area contributed by atoms with Crippen LogP contribution in [-0.4, -0.2) is 60.8 Å². The Kier molecular flexibility index (Phi) is 9.28. The van der Waals surface area contributed by atoms with Gasteiger partial charge in [-0.1, -0.05) is 57.5 Å². The fourth-order valence-corrected chi connectivity index (χ4v) is 5.87. The summed E-state index contributed by atoms with van der Waals surface area (Å²) >= 11 is 0. The number of aryl methyl sites for hydroxylation is 1. The lowest BCUT2D eigenvalue weighted by Crippen LogP contribution is -2.25. The van der Waals surface area contributed by atoms with Gasteiger partial charge in [-0.3, -0.25) is 14.8 Å². The number of hydrogen-bond donors (Lipinski definition) is 2. The van der Waals surface area contributed by atoms with Gasteiger partial charge in [-0.15, -0.1) is 0 Å². The van der Waals surface area contributed by atoms with Gasteiger partial charge in [0.25, 0.3) is 0 Å². The number of aromatic amines is 2. The molecule has 0 radical (unpaired) electrons. The predicted molar refractivity (Wildman–Crippen MR) is 182 cm³/mol. The van der Waals surface area contributed by atoms with Crippen LogP contribution in [-0.2, 0) is 19.0 Å². The van der Waals surface area contributed by atoms with E-state index in [0.717, 1.165) is 33.9 Å². The van der Waals surface area contributed by atoms with E-state index < -0.39 is 18.0 Å². The average Bonchev–Trinajstić information content (AvgIpc) is 3.79. The van der Waals surface area contributed by atoms with Crippen LogP contribution in [0.5, 0.6) is 0 Å². The number of hydrogen-bond acceptors (Lipinski definition) is 7. The van der Waals surface area contributed by atoms with Crippen LogP contribution in [0.15, 0.2) is 81.8 Å². The standard InChI is InChI=1S/C37H42N4O5/c1-22-9-11-23(12-10-22)27-13-14-38-29(27)18-32-36(2,3)19-26(40-32)16-28(34(43)44-6)33(42)24-15-25(39-21-24)17-31-37(4,5)20-30(41-31)35(45-7)46-8/h9-18,21,35,38-39H,19-20H2,1-8H3/b28-16+,31-17+,32-18-. The Labute approximate surface area is 270 Å². The number of allylic oxidation sites excluding steroid dienone is 3. The van der Waals surface area contributed by atoms with E-state index in [4.69, 9.17) is 24.2 Å². The number of esters is 1. The second kappa shape index (κ2) is 13.0. The first-order valence-corrected chi connectivity index (χ1v) is 15.3. The first kappa shape index (κ1) is 32.8. The van der Waals surface area contributed by atoms with Crippen molar-refractivity contribution in [1.29, 1.82) is 0 Å². The molecule has 2 aromatic heterocycles. The van der Waals surface area contributed by atoms with E-state index in [1.165, 1.54) is 12.7 Å². The Bertz CT molecular complexity index is 1790. The molecule has 240 valence electrons. The lowest BCUT2D eigenvalue weighted by Gasteiger charge is -2.19. The Hall–Kier alpha value is -4.60. The third-order valence-corrected chi connectivity index (χ3v) is 8.50. The number of ether oxygens (including phenoxy) is 3. The summed E-state index contributed by atoms with van der Waals surface area (Å²) in [6.07, 6.45) is 9.73. The third-order valence-electron chi connectivity index (χ3n) is 8.50. The summed E-state index contributed by atoms with van der Waals surface area (Å²) in [5, 5.41) is 0. The van der Waals surface area contributed by atoms with Crippen molar-refractivity contribution in [3.05, 3.63) is 94.3 Å². The van der Waals surface area contributed by atoms with Crippen LogP contribution in [0.3, 0.4) is 0 Å². The number of nitrogens with one attached hydrogen (secondary N) is 2. The highest BCUT2D eigenvalue weighted by atomic mass is 16.7. The van der Waals surface area contributed by atoms with Crippen molar-refractivity contribution in [2.24, 2.45) is 20.8 Å². The van der Waals surface area contributed by atoms with Gasteiger partial charge in [0, 0.05) is 89.9 Å². The number of ketones is 1.